The van der Waals surface area contributed by atoms with Gasteiger partial charge >= 0.3 is 0 Å². The fourth-order valence-electron chi connectivity index (χ4n) is 11.2. The first-order valence-electron chi connectivity index (χ1n) is 26.3. The molecular formula is C55H69N9O11. The van der Waals surface area contributed by atoms with Gasteiger partial charge in [-0.2, -0.15) is 0 Å². The molecule has 0 aliphatic carbocycles. The van der Waals surface area contributed by atoms with Crippen LogP contribution in [0.25, 0.3) is 0 Å². The van der Waals surface area contributed by atoms with E-state index in [0.29, 0.717) is 42.4 Å². The van der Waals surface area contributed by atoms with Crippen LogP contribution in [0.2, 0.25) is 0 Å². The number of phenols is 2. The van der Waals surface area contributed by atoms with Crippen LogP contribution in [0.4, 0.5) is 0 Å². The van der Waals surface area contributed by atoms with E-state index in [1.54, 1.807) is 48.5 Å². The van der Waals surface area contributed by atoms with Crippen molar-refractivity contribution in [3.63, 3.8) is 0 Å². The quantitative estimate of drug-likeness (QED) is 0.169. The van der Waals surface area contributed by atoms with E-state index in [4.69, 9.17) is 0 Å². The zero-order valence-corrected chi connectivity index (χ0v) is 42.6. The Bertz CT molecular complexity index is 2600. The third kappa shape index (κ3) is 13.1. The number of carbonyl (C=O) groups excluding carboxylic acids is 9. The molecule has 400 valence electrons. The van der Waals surface area contributed by atoms with E-state index in [0.717, 1.165) is 0 Å². The maximum atomic E-state index is 14.9. The minimum atomic E-state index is -1.25. The molecule has 0 saturated carbocycles. The Morgan fingerprint density at radius 2 is 0.827 bits per heavy atom. The second-order valence-corrected chi connectivity index (χ2v) is 20.8. The lowest BCUT2D eigenvalue weighted by Gasteiger charge is -2.33. The zero-order valence-electron chi connectivity index (χ0n) is 42.6. The highest BCUT2D eigenvalue weighted by Gasteiger charge is 2.46. The van der Waals surface area contributed by atoms with Crippen LogP contribution < -0.4 is 26.6 Å². The molecule has 0 radical (unpaired) electrons. The Morgan fingerprint density at radius 1 is 0.440 bits per heavy atom. The van der Waals surface area contributed by atoms with Gasteiger partial charge in [-0.1, -0.05) is 68.4 Å². The number of hydrogen-bond acceptors (Lipinski definition) is 11. The number of nitrogens with zero attached hydrogens (tertiary/aromatic N) is 4. The molecule has 5 aliphatic rings. The fourth-order valence-corrected chi connectivity index (χ4v) is 11.2. The van der Waals surface area contributed by atoms with Crippen LogP contribution in [0.5, 0.6) is 11.5 Å². The monoisotopic (exact) mass is 1030 g/mol. The number of rotatable bonds is 8. The van der Waals surface area contributed by atoms with Gasteiger partial charge < -0.3 is 56.4 Å². The molecular weight excluding hydrogens is 963 g/mol. The van der Waals surface area contributed by atoms with Gasteiger partial charge in [0.2, 0.25) is 53.2 Å². The van der Waals surface area contributed by atoms with E-state index in [-0.39, 0.29) is 95.0 Å². The first-order valence-corrected chi connectivity index (χ1v) is 26.3. The average Bonchev–Trinajstić information content (AvgIpc) is 4.26. The molecule has 20 heteroatoms. The van der Waals surface area contributed by atoms with Gasteiger partial charge in [0.15, 0.2) is 0 Å². The summed E-state index contributed by atoms with van der Waals surface area (Å²) in [4.78, 5) is 136. The molecule has 0 aromatic heterocycles. The largest absolute Gasteiger partial charge is 0.508 e. The Hall–Kier alpha value is -7.51. The molecule has 8 atom stereocenters. The minimum absolute atomic E-state index is 0.00407. The van der Waals surface area contributed by atoms with Gasteiger partial charge in [-0.05, 0) is 105 Å². The lowest BCUT2D eigenvalue weighted by molar-refractivity contribution is -0.148. The summed E-state index contributed by atoms with van der Waals surface area (Å²) < 4.78 is 0. The van der Waals surface area contributed by atoms with E-state index in [1.165, 1.54) is 43.9 Å². The number of aromatic hydroxyl groups is 2. The van der Waals surface area contributed by atoms with Crippen molar-refractivity contribution in [2.24, 2.45) is 5.92 Å². The maximum absolute atomic E-state index is 14.9. The predicted molar refractivity (Wildman–Crippen MR) is 273 cm³/mol. The highest BCUT2D eigenvalue weighted by atomic mass is 16.3. The lowest BCUT2D eigenvalue weighted by Crippen LogP contribution is -2.60. The third-order valence-corrected chi connectivity index (χ3v) is 15.0. The molecule has 3 aromatic carbocycles. The molecule has 5 heterocycles. The van der Waals surface area contributed by atoms with E-state index in [1.807, 2.05) is 19.9 Å². The second kappa shape index (κ2) is 24.2. The molecule has 7 N–H and O–H groups in total. The van der Waals surface area contributed by atoms with Gasteiger partial charge in [0.05, 0.1) is 6.54 Å². The first kappa shape index (κ1) is 53.8. The first-order chi connectivity index (χ1) is 36.0. The van der Waals surface area contributed by atoms with Crippen molar-refractivity contribution in [3.8, 4) is 11.5 Å². The molecule has 9 amide bonds. The molecule has 0 bridgehead atoms. The van der Waals surface area contributed by atoms with Crippen molar-refractivity contribution in [2.75, 3.05) is 32.7 Å². The highest BCUT2D eigenvalue weighted by Crippen LogP contribution is 2.28. The summed E-state index contributed by atoms with van der Waals surface area (Å²) >= 11 is 0. The summed E-state index contributed by atoms with van der Waals surface area (Å²) in [5.74, 6) is -5.36. The Morgan fingerprint density at radius 3 is 1.33 bits per heavy atom. The van der Waals surface area contributed by atoms with Crippen molar-refractivity contribution < 1.29 is 53.4 Å². The molecule has 75 heavy (non-hydrogen) atoms. The number of nitrogens with one attached hydrogen (secondary N) is 5. The van der Waals surface area contributed by atoms with Crippen LogP contribution >= 0.6 is 0 Å². The summed E-state index contributed by atoms with van der Waals surface area (Å²) in [7, 11) is 0. The molecule has 0 spiro atoms. The smallest absolute Gasteiger partial charge is 0.246 e. The number of hydrogen-bond donors (Lipinski definition) is 7. The van der Waals surface area contributed by atoms with Crippen LogP contribution in [0, 0.1) is 5.92 Å². The van der Waals surface area contributed by atoms with Gasteiger partial charge in [0.25, 0.3) is 0 Å². The van der Waals surface area contributed by atoms with Crippen LogP contribution in [0.1, 0.15) is 88.3 Å². The molecule has 8 rings (SSSR count). The van der Waals surface area contributed by atoms with E-state index in [9.17, 15) is 53.4 Å². The summed E-state index contributed by atoms with van der Waals surface area (Å²) in [5, 5.41) is 34.2. The summed E-state index contributed by atoms with van der Waals surface area (Å²) in [6.45, 7) is 4.01. The minimum Gasteiger partial charge on any atom is -0.508 e. The fraction of sp³-hybridized carbons (Fsp3) is 0.509. The summed E-state index contributed by atoms with van der Waals surface area (Å²) in [6.07, 6.45) is 3.11. The highest BCUT2D eigenvalue weighted by molar-refractivity contribution is 5.99. The van der Waals surface area contributed by atoms with Gasteiger partial charge in [0, 0.05) is 45.4 Å². The maximum Gasteiger partial charge on any atom is 0.246 e. The van der Waals surface area contributed by atoms with E-state index < -0.39 is 108 Å². The topological polar surface area (TPSA) is 267 Å². The number of fused-ring (bicyclic) bond motifs is 4. The Labute approximate surface area is 436 Å². The van der Waals surface area contributed by atoms with Crippen LogP contribution in [-0.4, -0.2) is 164 Å². The van der Waals surface area contributed by atoms with Crippen molar-refractivity contribution in [1.29, 1.82) is 0 Å². The summed E-state index contributed by atoms with van der Waals surface area (Å²) in [6, 6.07) is 12.5. The third-order valence-electron chi connectivity index (χ3n) is 15.0. The van der Waals surface area contributed by atoms with Crippen LogP contribution in [0.3, 0.4) is 0 Å². The number of benzene rings is 3. The zero-order chi connectivity index (χ0) is 53.3. The van der Waals surface area contributed by atoms with Crippen molar-refractivity contribution in [1.82, 2.24) is 46.2 Å². The van der Waals surface area contributed by atoms with Crippen LogP contribution in [0.15, 0.2) is 78.9 Å². The predicted octanol–water partition coefficient (Wildman–Crippen LogP) is 1.20. The SMILES string of the molecule is CC(C)C[C@@H]1NC(=O)[C@@H]2CCCN2C(=O)[C@H](Cc2ccc(O)cc2)NC(=O)CNC(=O)[C@@H]2CCCN2C(=O)[C@@H]2CCCN2C(=O)[C@H](Cc2ccc(O)cc2)NC(=O)[C@H](Cc2ccccc2)NC(=O)[C@@H]2CCCN2C1=O. The average molecular weight is 1030 g/mol. The molecule has 5 aliphatic heterocycles. The van der Waals surface area contributed by atoms with E-state index in [2.05, 4.69) is 26.6 Å². The molecule has 20 nitrogen and oxygen atoms in total. The Kier molecular flexibility index (Phi) is 17.4. The standard InChI is InChI=1S/C55H69N9O11/c1-33(2)28-40-52(72)61-24-7-13-44(61)50(70)58-39(29-34-10-4-3-5-11-34)48(68)59-42(31-36-18-22-38(66)23-19-36)54(74)64-27-9-15-46(64)55(75)63-26-6-12-43(63)49(69)56-32-47(67)57-41(30-35-16-20-37(65)21-17-35)53(73)62-25-8-14-45(62)51(71)60-40/h3-5,10-11,16-23,33,39-46,65-66H,6-9,12-15,24-32H2,1-2H3,(H,56,69)(H,57,67)(H,58,70)(H,59,68)(H,60,71)/t39-,40-,41-,42-,43-,44-,45-,46-/m0/s1. The molecule has 0 unspecified atom stereocenters. The van der Waals surface area contributed by atoms with Crippen molar-refractivity contribution >= 4 is 53.2 Å². The normalized spacial score (nSPS) is 26.9. The van der Waals surface area contributed by atoms with E-state index >= 15 is 0 Å². The molecule has 5 saturated heterocycles. The number of phenolic OH excluding ortho intramolecular Hbond substituents is 2. The second-order valence-electron chi connectivity index (χ2n) is 20.8. The van der Waals surface area contributed by atoms with Crippen molar-refractivity contribution in [2.45, 2.75) is 139 Å². The lowest BCUT2D eigenvalue weighted by atomic mass is 10.0. The number of amides is 9. The van der Waals surface area contributed by atoms with Gasteiger partial charge in [-0.3, -0.25) is 43.2 Å². The van der Waals surface area contributed by atoms with Gasteiger partial charge in [-0.15, -0.1) is 0 Å². The Balaban J connectivity index is 1.13. The van der Waals surface area contributed by atoms with Gasteiger partial charge in [0.1, 0.15) is 59.8 Å². The molecule has 3 aromatic rings. The van der Waals surface area contributed by atoms with Crippen molar-refractivity contribution in [3.05, 3.63) is 95.6 Å². The molecule has 5 fully saturated rings. The number of carbonyl (C=O) groups is 9. The van der Waals surface area contributed by atoms with Gasteiger partial charge in [-0.25, -0.2) is 0 Å². The van der Waals surface area contributed by atoms with Crippen LogP contribution in [-0.2, 0) is 62.4 Å². The summed E-state index contributed by atoms with van der Waals surface area (Å²) in [5.41, 5.74) is 1.89.